The van der Waals surface area contributed by atoms with Gasteiger partial charge in [-0.2, -0.15) is 0 Å². The van der Waals surface area contributed by atoms with Crippen LogP contribution in [0.3, 0.4) is 0 Å². The molecule has 1 aromatic rings. The number of ether oxygens (including phenoxy) is 2. The minimum atomic E-state index is -0.550. The lowest BCUT2D eigenvalue weighted by Gasteiger charge is -2.39. The van der Waals surface area contributed by atoms with Crippen molar-refractivity contribution in [1.29, 1.82) is 0 Å². The quantitative estimate of drug-likeness (QED) is 0.817. The highest BCUT2D eigenvalue weighted by Crippen LogP contribution is 2.33. The van der Waals surface area contributed by atoms with E-state index in [0.29, 0.717) is 25.6 Å². The molecule has 0 amide bonds. The second-order valence-electron chi connectivity index (χ2n) is 4.50. The number of nitrogens with one attached hydrogen (secondary N) is 1. The molecule has 3 rings (SSSR count). The van der Waals surface area contributed by atoms with Crippen molar-refractivity contribution in [3.05, 3.63) is 21.7 Å². The Morgan fingerprint density at radius 1 is 1.44 bits per heavy atom. The van der Waals surface area contributed by atoms with Gasteiger partial charge in [-0.15, -0.1) is 0 Å². The maximum absolute atomic E-state index is 11.5. The number of anilines is 1. The van der Waals surface area contributed by atoms with Crippen molar-refractivity contribution in [2.45, 2.75) is 18.6 Å². The van der Waals surface area contributed by atoms with Crippen LogP contribution < -0.4 is 10.5 Å². The van der Waals surface area contributed by atoms with Gasteiger partial charge in [-0.1, -0.05) is 11.6 Å². The van der Waals surface area contributed by atoms with Crippen molar-refractivity contribution in [3.8, 4) is 0 Å². The fourth-order valence-electron chi connectivity index (χ4n) is 2.50. The molecule has 2 aliphatic rings. The van der Waals surface area contributed by atoms with Gasteiger partial charge in [0.15, 0.2) is 11.6 Å². The molecule has 0 bridgehead atoms. The Bertz CT molecular complexity index is 499. The normalized spacial score (nSPS) is 22.6. The van der Waals surface area contributed by atoms with Crippen molar-refractivity contribution >= 4 is 17.4 Å². The van der Waals surface area contributed by atoms with Gasteiger partial charge < -0.3 is 19.4 Å². The molecule has 98 valence electrons. The highest BCUT2D eigenvalue weighted by atomic mass is 35.5. The van der Waals surface area contributed by atoms with E-state index in [0.717, 1.165) is 19.4 Å². The predicted molar refractivity (Wildman–Crippen MR) is 65.9 cm³/mol. The summed E-state index contributed by atoms with van der Waals surface area (Å²) in [5.41, 5.74) is -0.324. The van der Waals surface area contributed by atoms with E-state index in [1.54, 1.807) is 0 Å². The highest BCUT2D eigenvalue weighted by Gasteiger charge is 2.41. The van der Waals surface area contributed by atoms with Gasteiger partial charge in [-0.3, -0.25) is 4.79 Å². The number of hydrogen-bond donors (Lipinski definition) is 1. The number of H-pyrrole nitrogens is 1. The Morgan fingerprint density at radius 2 is 2.22 bits per heavy atom. The van der Waals surface area contributed by atoms with E-state index in [1.165, 1.54) is 6.33 Å². The van der Waals surface area contributed by atoms with Crippen LogP contribution in [0.5, 0.6) is 0 Å². The lowest BCUT2D eigenvalue weighted by molar-refractivity contribution is -0.161. The zero-order valence-corrected chi connectivity index (χ0v) is 10.6. The van der Waals surface area contributed by atoms with Gasteiger partial charge in [0.05, 0.1) is 26.1 Å². The second kappa shape index (κ2) is 4.53. The number of aromatic nitrogens is 2. The second-order valence-corrected chi connectivity index (χ2v) is 4.88. The molecule has 0 atom stereocenters. The summed E-state index contributed by atoms with van der Waals surface area (Å²) in [5, 5.41) is 0.118. The molecule has 1 spiro atoms. The summed E-state index contributed by atoms with van der Waals surface area (Å²) >= 11 is 5.99. The Morgan fingerprint density at radius 3 is 3.00 bits per heavy atom. The number of hydrogen-bond acceptors (Lipinski definition) is 5. The molecular weight excluding hydrogens is 258 g/mol. The largest absolute Gasteiger partial charge is 0.350 e. The molecule has 0 radical (unpaired) electrons. The van der Waals surface area contributed by atoms with Gasteiger partial charge >= 0.3 is 0 Å². The van der Waals surface area contributed by atoms with Gasteiger partial charge in [0.1, 0.15) is 5.02 Å². The lowest BCUT2D eigenvalue weighted by atomic mass is 10.0. The summed E-state index contributed by atoms with van der Waals surface area (Å²) < 4.78 is 11.4. The number of aromatic amines is 1. The Labute approximate surface area is 109 Å². The number of halogens is 1. The van der Waals surface area contributed by atoms with Gasteiger partial charge in [-0.25, -0.2) is 4.98 Å². The smallest absolute Gasteiger partial charge is 0.271 e. The molecule has 7 heteroatoms. The van der Waals surface area contributed by atoms with Gasteiger partial charge in [-0.05, 0) is 6.42 Å². The van der Waals surface area contributed by atoms with Gasteiger partial charge in [0, 0.05) is 13.0 Å². The van der Waals surface area contributed by atoms with E-state index in [-0.39, 0.29) is 10.6 Å². The summed E-state index contributed by atoms with van der Waals surface area (Å²) in [5.74, 6) is -0.0510. The van der Waals surface area contributed by atoms with Crippen LogP contribution in [0, 0.1) is 0 Å². The third-order valence-electron chi connectivity index (χ3n) is 3.31. The van der Waals surface area contributed by atoms with Crippen molar-refractivity contribution in [3.63, 3.8) is 0 Å². The molecule has 0 saturated carbocycles. The molecule has 0 unspecified atom stereocenters. The van der Waals surface area contributed by atoms with Crippen LogP contribution in [0.15, 0.2) is 11.1 Å². The van der Waals surface area contributed by atoms with E-state index in [1.807, 2.05) is 4.90 Å². The summed E-state index contributed by atoms with van der Waals surface area (Å²) in [6.45, 7) is 2.59. The zero-order chi connectivity index (χ0) is 12.6. The van der Waals surface area contributed by atoms with Crippen LogP contribution in [-0.2, 0) is 9.47 Å². The van der Waals surface area contributed by atoms with Crippen LogP contribution in [-0.4, -0.2) is 42.1 Å². The van der Waals surface area contributed by atoms with Crippen LogP contribution in [0.2, 0.25) is 5.02 Å². The molecule has 2 saturated heterocycles. The average Bonchev–Trinajstić information content (AvgIpc) is 2.81. The molecule has 18 heavy (non-hydrogen) atoms. The first-order valence-electron chi connectivity index (χ1n) is 5.96. The van der Waals surface area contributed by atoms with Crippen molar-refractivity contribution in [2.24, 2.45) is 0 Å². The Kier molecular flexibility index (Phi) is 3.01. The fourth-order valence-corrected chi connectivity index (χ4v) is 2.72. The molecule has 0 aromatic carbocycles. The minimum Gasteiger partial charge on any atom is -0.350 e. The Balaban J connectivity index is 1.88. The van der Waals surface area contributed by atoms with E-state index >= 15 is 0 Å². The standard InChI is InChI=1S/C11H14ClN3O3/c12-8-9(13-7-14-10(8)16)15-3-1-2-11(6-15)17-4-5-18-11/h7H,1-6H2,(H,13,14,16). The first-order valence-corrected chi connectivity index (χ1v) is 6.34. The number of piperidine rings is 1. The molecule has 1 N–H and O–H groups in total. The lowest BCUT2D eigenvalue weighted by Crippen LogP contribution is -2.49. The third kappa shape index (κ3) is 2.00. The number of rotatable bonds is 1. The summed E-state index contributed by atoms with van der Waals surface area (Å²) in [6, 6.07) is 0. The SMILES string of the molecule is O=c1[nH]cnc(N2CCCC3(C2)OCCO3)c1Cl. The minimum absolute atomic E-state index is 0.118. The molecule has 1 aromatic heterocycles. The summed E-state index contributed by atoms with van der Waals surface area (Å²) in [6.07, 6.45) is 3.15. The predicted octanol–water partition coefficient (Wildman–Crippen LogP) is 0.767. The van der Waals surface area contributed by atoms with E-state index < -0.39 is 5.79 Å². The first-order chi connectivity index (χ1) is 8.70. The maximum Gasteiger partial charge on any atom is 0.271 e. The molecule has 3 heterocycles. The van der Waals surface area contributed by atoms with Crippen LogP contribution >= 0.6 is 11.6 Å². The molecular formula is C11H14ClN3O3. The third-order valence-corrected chi connectivity index (χ3v) is 3.65. The summed E-state index contributed by atoms with van der Waals surface area (Å²) in [4.78, 5) is 20.0. The molecule has 2 fully saturated rings. The van der Waals surface area contributed by atoms with E-state index in [4.69, 9.17) is 21.1 Å². The number of nitrogens with zero attached hydrogens (tertiary/aromatic N) is 2. The zero-order valence-electron chi connectivity index (χ0n) is 9.82. The molecule has 2 aliphatic heterocycles. The summed E-state index contributed by atoms with van der Waals surface area (Å²) in [7, 11) is 0. The van der Waals surface area contributed by atoms with Crippen LogP contribution in [0.1, 0.15) is 12.8 Å². The first kappa shape index (κ1) is 12.0. The Hall–Kier alpha value is -1.11. The van der Waals surface area contributed by atoms with Gasteiger partial charge in [0.25, 0.3) is 5.56 Å². The highest BCUT2D eigenvalue weighted by molar-refractivity contribution is 6.32. The topological polar surface area (TPSA) is 67.5 Å². The van der Waals surface area contributed by atoms with Crippen molar-refractivity contribution in [2.75, 3.05) is 31.2 Å². The van der Waals surface area contributed by atoms with Crippen molar-refractivity contribution in [1.82, 2.24) is 9.97 Å². The monoisotopic (exact) mass is 271 g/mol. The fraction of sp³-hybridized carbons (Fsp3) is 0.636. The maximum atomic E-state index is 11.5. The van der Waals surface area contributed by atoms with Crippen LogP contribution in [0.4, 0.5) is 5.82 Å². The van der Waals surface area contributed by atoms with Gasteiger partial charge in [0.2, 0.25) is 0 Å². The molecule has 6 nitrogen and oxygen atoms in total. The molecule has 0 aliphatic carbocycles. The average molecular weight is 272 g/mol. The van der Waals surface area contributed by atoms with E-state index in [2.05, 4.69) is 9.97 Å². The van der Waals surface area contributed by atoms with E-state index in [9.17, 15) is 4.79 Å². The van der Waals surface area contributed by atoms with Crippen LogP contribution in [0.25, 0.3) is 0 Å². The van der Waals surface area contributed by atoms with Crippen molar-refractivity contribution < 1.29 is 9.47 Å².